The lowest BCUT2D eigenvalue weighted by Crippen LogP contribution is -2.07. The summed E-state index contributed by atoms with van der Waals surface area (Å²) in [7, 11) is 0. The van der Waals surface area contributed by atoms with E-state index in [1.807, 2.05) is 6.07 Å². The second kappa shape index (κ2) is 6.19. The van der Waals surface area contributed by atoms with E-state index in [4.69, 9.17) is 5.26 Å². The van der Waals surface area contributed by atoms with Gasteiger partial charge in [-0.05, 0) is 24.5 Å². The third-order valence-corrected chi connectivity index (χ3v) is 3.67. The van der Waals surface area contributed by atoms with Crippen LogP contribution in [0.5, 0.6) is 0 Å². The van der Waals surface area contributed by atoms with Crippen LogP contribution in [0.2, 0.25) is 0 Å². The Hall–Kier alpha value is -2.09. The minimum Gasteiger partial charge on any atom is -0.385 e. The summed E-state index contributed by atoms with van der Waals surface area (Å²) in [6.45, 7) is 0.827. The highest BCUT2D eigenvalue weighted by atomic mass is 16.6. The fraction of sp³-hybridized carbons (Fsp3) is 0.500. The van der Waals surface area contributed by atoms with E-state index in [2.05, 4.69) is 5.32 Å². The molecule has 0 radical (unpaired) electrons. The van der Waals surface area contributed by atoms with Gasteiger partial charge in [0.2, 0.25) is 0 Å². The highest BCUT2D eigenvalue weighted by Gasteiger charge is 2.16. The lowest BCUT2D eigenvalue weighted by Gasteiger charge is -2.10. The molecule has 5 nitrogen and oxygen atoms in total. The highest BCUT2D eigenvalue weighted by Crippen LogP contribution is 2.28. The quantitative estimate of drug-likeness (QED) is 0.648. The molecule has 2 rings (SSSR count). The van der Waals surface area contributed by atoms with Gasteiger partial charge in [0.05, 0.1) is 4.92 Å². The summed E-state index contributed by atoms with van der Waals surface area (Å²) in [5.74, 6) is 0.792. The van der Waals surface area contributed by atoms with Crippen molar-refractivity contribution in [2.45, 2.75) is 32.1 Å². The van der Waals surface area contributed by atoms with Gasteiger partial charge in [-0.15, -0.1) is 0 Å². The molecule has 1 aromatic rings. The Kier molecular flexibility index (Phi) is 4.35. The van der Waals surface area contributed by atoms with Gasteiger partial charge >= 0.3 is 0 Å². The Morgan fingerprint density at radius 1 is 1.42 bits per heavy atom. The molecule has 1 aliphatic carbocycles. The van der Waals surface area contributed by atoms with Crippen molar-refractivity contribution in [3.63, 3.8) is 0 Å². The van der Waals surface area contributed by atoms with E-state index >= 15 is 0 Å². The maximum Gasteiger partial charge on any atom is 0.289 e. The molecule has 0 heterocycles. The topological polar surface area (TPSA) is 79.0 Å². The number of hydrogen-bond acceptors (Lipinski definition) is 4. The average Bonchev–Trinajstić information content (AvgIpc) is 2.91. The zero-order valence-corrected chi connectivity index (χ0v) is 10.8. The van der Waals surface area contributed by atoms with Crippen molar-refractivity contribution >= 4 is 11.4 Å². The van der Waals surface area contributed by atoms with E-state index < -0.39 is 4.92 Å². The monoisotopic (exact) mass is 259 g/mol. The van der Waals surface area contributed by atoms with Crippen LogP contribution in [0.3, 0.4) is 0 Å². The average molecular weight is 259 g/mol. The van der Waals surface area contributed by atoms with Crippen LogP contribution in [0.4, 0.5) is 11.4 Å². The number of nitriles is 1. The van der Waals surface area contributed by atoms with Gasteiger partial charge in [-0.25, -0.2) is 0 Å². The van der Waals surface area contributed by atoms with Crippen molar-refractivity contribution in [1.29, 1.82) is 5.26 Å². The molecule has 100 valence electrons. The van der Waals surface area contributed by atoms with Crippen LogP contribution >= 0.6 is 0 Å². The second-order valence-electron chi connectivity index (χ2n) is 4.97. The molecule has 1 saturated carbocycles. The number of anilines is 1. The molecule has 0 amide bonds. The second-order valence-corrected chi connectivity index (χ2v) is 4.97. The molecule has 0 saturated heterocycles. The molecular weight excluding hydrogens is 242 g/mol. The number of nitrogens with one attached hydrogen (secondary N) is 1. The minimum atomic E-state index is -0.513. The van der Waals surface area contributed by atoms with Crippen molar-refractivity contribution < 1.29 is 4.92 Å². The first-order valence-electron chi connectivity index (χ1n) is 6.63. The smallest absolute Gasteiger partial charge is 0.289 e. The van der Waals surface area contributed by atoms with Crippen molar-refractivity contribution in [3.05, 3.63) is 33.9 Å². The maximum absolute atomic E-state index is 10.8. The first kappa shape index (κ1) is 13.3. The van der Waals surface area contributed by atoms with Gasteiger partial charge < -0.3 is 5.32 Å². The summed E-state index contributed by atoms with van der Waals surface area (Å²) in [5.41, 5.74) is 0.684. The van der Waals surface area contributed by atoms with E-state index in [0.717, 1.165) is 18.9 Å². The lowest BCUT2D eigenvalue weighted by molar-refractivity contribution is -0.385. The fourth-order valence-corrected chi connectivity index (χ4v) is 2.61. The van der Waals surface area contributed by atoms with E-state index in [0.29, 0.717) is 5.69 Å². The number of nitro groups is 1. The molecular formula is C14H17N3O2. The standard InChI is InChI=1S/C14H17N3O2/c15-10-12-5-6-13(9-14(12)17(18)19)16-8-7-11-3-1-2-4-11/h5-6,9,11,16H,1-4,7-8H2. The third kappa shape index (κ3) is 3.44. The summed E-state index contributed by atoms with van der Waals surface area (Å²) >= 11 is 0. The zero-order chi connectivity index (χ0) is 13.7. The molecule has 0 unspecified atom stereocenters. The van der Waals surface area contributed by atoms with Gasteiger partial charge in [0, 0.05) is 18.3 Å². The van der Waals surface area contributed by atoms with E-state index in [-0.39, 0.29) is 11.3 Å². The van der Waals surface area contributed by atoms with Crippen LogP contribution in [0, 0.1) is 27.4 Å². The SMILES string of the molecule is N#Cc1ccc(NCCC2CCCC2)cc1[N+](=O)[O-]. The summed E-state index contributed by atoms with van der Waals surface area (Å²) in [4.78, 5) is 10.3. The van der Waals surface area contributed by atoms with Gasteiger partial charge in [-0.1, -0.05) is 25.7 Å². The van der Waals surface area contributed by atoms with Gasteiger partial charge in [-0.2, -0.15) is 5.26 Å². The number of rotatable bonds is 5. The number of nitro benzene ring substituents is 1. The molecule has 0 aromatic heterocycles. The molecule has 19 heavy (non-hydrogen) atoms. The van der Waals surface area contributed by atoms with Crippen LogP contribution in [0.15, 0.2) is 18.2 Å². The molecule has 0 aliphatic heterocycles. The van der Waals surface area contributed by atoms with E-state index in [1.165, 1.54) is 37.8 Å². The van der Waals surface area contributed by atoms with E-state index in [1.54, 1.807) is 6.07 Å². The molecule has 1 aromatic carbocycles. The summed E-state index contributed by atoms with van der Waals surface area (Å²) < 4.78 is 0. The van der Waals surface area contributed by atoms with Crippen molar-refractivity contribution in [1.82, 2.24) is 0 Å². The molecule has 0 spiro atoms. The van der Waals surface area contributed by atoms with Gasteiger partial charge in [0.15, 0.2) is 0 Å². The Morgan fingerprint density at radius 2 is 2.16 bits per heavy atom. The van der Waals surface area contributed by atoms with Crippen LogP contribution in [-0.4, -0.2) is 11.5 Å². The molecule has 5 heteroatoms. The zero-order valence-electron chi connectivity index (χ0n) is 10.8. The third-order valence-electron chi connectivity index (χ3n) is 3.67. The van der Waals surface area contributed by atoms with Gasteiger partial charge in [0.1, 0.15) is 11.6 Å². The minimum absolute atomic E-state index is 0.103. The number of nitrogens with zero attached hydrogens (tertiary/aromatic N) is 2. The van der Waals surface area contributed by atoms with Crippen molar-refractivity contribution in [3.8, 4) is 6.07 Å². The maximum atomic E-state index is 10.8. The number of benzene rings is 1. The fourth-order valence-electron chi connectivity index (χ4n) is 2.61. The molecule has 1 aliphatic rings. The first-order chi connectivity index (χ1) is 9.20. The van der Waals surface area contributed by atoms with Gasteiger partial charge in [-0.3, -0.25) is 10.1 Å². The first-order valence-corrected chi connectivity index (χ1v) is 6.63. The van der Waals surface area contributed by atoms with Crippen molar-refractivity contribution in [2.75, 3.05) is 11.9 Å². The number of hydrogen-bond donors (Lipinski definition) is 1. The van der Waals surface area contributed by atoms with E-state index in [9.17, 15) is 10.1 Å². The van der Waals surface area contributed by atoms with Crippen LogP contribution in [0.25, 0.3) is 0 Å². The summed E-state index contributed by atoms with van der Waals surface area (Å²) in [5, 5.41) is 22.8. The Labute approximate surface area is 112 Å². The van der Waals surface area contributed by atoms with Crippen LogP contribution in [-0.2, 0) is 0 Å². The van der Waals surface area contributed by atoms with Crippen molar-refractivity contribution in [2.24, 2.45) is 5.92 Å². The predicted molar refractivity (Wildman–Crippen MR) is 72.9 cm³/mol. The molecule has 1 N–H and O–H groups in total. The Bertz CT molecular complexity index is 502. The molecule has 0 bridgehead atoms. The molecule has 1 fully saturated rings. The highest BCUT2D eigenvalue weighted by molar-refractivity contribution is 5.59. The lowest BCUT2D eigenvalue weighted by atomic mass is 10.0. The Balaban J connectivity index is 1.95. The predicted octanol–water partition coefficient (Wildman–Crippen LogP) is 3.46. The molecule has 0 atom stereocenters. The van der Waals surface area contributed by atoms with Gasteiger partial charge in [0.25, 0.3) is 5.69 Å². The van der Waals surface area contributed by atoms with Crippen LogP contribution < -0.4 is 5.32 Å². The largest absolute Gasteiger partial charge is 0.385 e. The Morgan fingerprint density at radius 3 is 2.79 bits per heavy atom. The van der Waals surface area contributed by atoms with Crippen LogP contribution in [0.1, 0.15) is 37.7 Å². The summed E-state index contributed by atoms with van der Waals surface area (Å²) in [6.07, 6.45) is 6.36. The summed E-state index contributed by atoms with van der Waals surface area (Å²) in [6, 6.07) is 6.49. The normalized spacial score (nSPS) is 15.1.